The Kier molecular flexibility index (Phi) is 2.87. The van der Waals surface area contributed by atoms with E-state index < -0.39 is 0 Å². The van der Waals surface area contributed by atoms with Crippen molar-refractivity contribution in [3.63, 3.8) is 0 Å². The average Bonchev–Trinajstić information content (AvgIpc) is 2.28. The van der Waals surface area contributed by atoms with Crippen molar-refractivity contribution in [1.29, 1.82) is 0 Å². The number of fused-ring (bicyclic) bond motifs is 1. The molecule has 16 heavy (non-hydrogen) atoms. The van der Waals surface area contributed by atoms with Crippen molar-refractivity contribution >= 4 is 16.7 Å². The van der Waals surface area contributed by atoms with Crippen molar-refractivity contribution in [2.45, 2.75) is 6.54 Å². The summed E-state index contributed by atoms with van der Waals surface area (Å²) in [6.07, 6.45) is 1.55. The lowest BCUT2D eigenvalue weighted by molar-refractivity contribution is 0.187. The largest absolute Gasteiger partial charge is 0.397 e. The minimum Gasteiger partial charge on any atom is -0.397 e. The second-order valence-corrected chi connectivity index (χ2v) is 3.50. The van der Waals surface area contributed by atoms with Crippen LogP contribution in [0.2, 0.25) is 0 Å². The molecule has 0 radical (unpaired) electrons. The Morgan fingerprint density at radius 1 is 1.50 bits per heavy atom. The van der Waals surface area contributed by atoms with Gasteiger partial charge in [0.05, 0.1) is 25.0 Å². The fourth-order valence-corrected chi connectivity index (χ4v) is 1.59. The third-order valence-corrected chi connectivity index (χ3v) is 2.36. The molecule has 2 aromatic rings. The number of pyridine rings is 2. The summed E-state index contributed by atoms with van der Waals surface area (Å²) >= 11 is 0. The third-order valence-electron chi connectivity index (χ3n) is 2.36. The highest BCUT2D eigenvalue weighted by Crippen LogP contribution is 2.12. The lowest BCUT2D eigenvalue weighted by Gasteiger charge is -2.08. The van der Waals surface area contributed by atoms with E-state index in [0.29, 0.717) is 24.5 Å². The monoisotopic (exact) mass is 219 g/mol. The van der Waals surface area contributed by atoms with Gasteiger partial charge in [0.15, 0.2) is 0 Å². The number of hydrogen-bond donors (Lipinski definition) is 1. The zero-order valence-corrected chi connectivity index (χ0v) is 9.01. The van der Waals surface area contributed by atoms with Crippen LogP contribution in [-0.2, 0) is 11.3 Å². The number of ether oxygens (including phenoxy) is 1. The van der Waals surface area contributed by atoms with E-state index in [-0.39, 0.29) is 5.56 Å². The van der Waals surface area contributed by atoms with Crippen LogP contribution in [0.4, 0.5) is 5.69 Å². The van der Waals surface area contributed by atoms with E-state index in [1.165, 1.54) is 6.07 Å². The second kappa shape index (κ2) is 4.32. The first-order chi connectivity index (χ1) is 7.72. The van der Waals surface area contributed by atoms with Crippen LogP contribution in [0, 0.1) is 0 Å². The van der Waals surface area contributed by atoms with E-state index in [2.05, 4.69) is 4.98 Å². The summed E-state index contributed by atoms with van der Waals surface area (Å²) in [7, 11) is 1.60. The normalized spacial score (nSPS) is 10.8. The molecule has 84 valence electrons. The summed E-state index contributed by atoms with van der Waals surface area (Å²) < 4.78 is 6.54. The highest BCUT2D eigenvalue weighted by molar-refractivity contribution is 5.77. The van der Waals surface area contributed by atoms with Gasteiger partial charge < -0.3 is 10.5 Å². The Hall–Kier alpha value is -1.88. The van der Waals surface area contributed by atoms with Gasteiger partial charge >= 0.3 is 0 Å². The molecule has 2 N–H and O–H groups in total. The van der Waals surface area contributed by atoms with E-state index in [4.69, 9.17) is 10.5 Å². The number of methoxy groups -OCH3 is 1. The van der Waals surface area contributed by atoms with Crippen LogP contribution in [0.1, 0.15) is 0 Å². The van der Waals surface area contributed by atoms with Crippen LogP contribution < -0.4 is 11.3 Å². The van der Waals surface area contributed by atoms with Gasteiger partial charge in [-0.15, -0.1) is 0 Å². The molecule has 0 aliphatic rings. The molecule has 0 saturated carbocycles. The van der Waals surface area contributed by atoms with Crippen molar-refractivity contribution in [1.82, 2.24) is 9.55 Å². The van der Waals surface area contributed by atoms with E-state index >= 15 is 0 Å². The zero-order chi connectivity index (χ0) is 11.5. The van der Waals surface area contributed by atoms with Gasteiger partial charge in [-0.25, -0.2) is 4.98 Å². The van der Waals surface area contributed by atoms with Gasteiger partial charge in [-0.2, -0.15) is 0 Å². The first-order valence-corrected chi connectivity index (χ1v) is 4.96. The lowest BCUT2D eigenvalue weighted by Crippen LogP contribution is -2.22. The second-order valence-electron chi connectivity index (χ2n) is 3.50. The van der Waals surface area contributed by atoms with Gasteiger partial charge in [0.25, 0.3) is 5.56 Å². The maximum absolute atomic E-state index is 11.7. The average molecular weight is 219 g/mol. The molecule has 0 fully saturated rings. The van der Waals surface area contributed by atoms with Crippen molar-refractivity contribution in [3.8, 4) is 0 Å². The van der Waals surface area contributed by atoms with Gasteiger partial charge in [0.1, 0.15) is 5.65 Å². The fraction of sp³-hybridized carbons (Fsp3) is 0.273. The number of nitrogens with two attached hydrogens (primary N) is 1. The molecule has 0 saturated heterocycles. The van der Waals surface area contributed by atoms with E-state index in [9.17, 15) is 4.79 Å². The molecule has 0 spiro atoms. The molecule has 0 aliphatic heterocycles. The molecular formula is C11H13N3O2. The van der Waals surface area contributed by atoms with E-state index in [1.807, 2.05) is 0 Å². The lowest BCUT2D eigenvalue weighted by atomic mass is 10.2. The number of nitrogen functional groups attached to an aromatic ring is 1. The van der Waals surface area contributed by atoms with Crippen LogP contribution in [0.3, 0.4) is 0 Å². The molecule has 0 aromatic carbocycles. The summed E-state index contributed by atoms with van der Waals surface area (Å²) in [5, 5.41) is 0.857. The Balaban J connectivity index is 2.60. The summed E-state index contributed by atoms with van der Waals surface area (Å²) in [4.78, 5) is 15.8. The molecule has 2 aromatic heterocycles. The maximum atomic E-state index is 11.7. The van der Waals surface area contributed by atoms with Crippen LogP contribution in [0.25, 0.3) is 11.0 Å². The minimum absolute atomic E-state index is 0.0816. The maximum Gasteiger partial charge on any atom is 0.252 e. The highest BCUT2D eigenvalue weighted by atomic mass is 16.5. The van der Waals surface area contributed by atoms with Crippen LogP contribution in [-0.4, -0.2) is 23.3 Å². The zero-order valence-electron chi connectivity index (χ0n) is 9.01. The van der Waals surface area contributed by atoms with Crippen molar-refractivity contribution in [2.24, 2.45) is 0 Å². The Morgan fingerprint density at radius 3 is 3.06 bits per heavy atom. The summed E-state index contributed by atoms with van der Waals surface area (Å²) in [6.45, 7) is 0.967. The molecule has 2 heterocycles. The number of anilines is 1. The molecule has 0 unspecified atom stereocenters. The molecular weight excluding hydrogens is 206 g/mol. The summed E-state index contributed by atoms with van der Waals surface area (Å²) in [6, 6.07) is 5.04. The SMILES string of the molecule is COCCn1c(=O)ccc2cc(N)cnc21. The predicted octanol–water partition coefficient (Wildman–Crippen LogP) is 0.625. The summed E-state index contributed by atoms with van der Waals surface area (Å²) in [5.41, 5.74) is 6.78. The quantitative estimate of drug-likeness (QED) is 0.821. The first kappa shape index (κ1) is 10.6. The minimum atomic E-state index is -0.0816. The Morgan fingerprint density at radius 2 is 2.31 bits per heavy atom. The van der Waals surface area contributed by atoms with Crippen LogP contribution in [0.5, 0.6) is 0 Å². The third kappa shape index (κ3) is 1.90. The fourth-order valence-electron chi connectivity index (χ4n) is 1.59. The molecule has 5 heteroatoms. The highest BCUT2D eigenvalue weighted by Gasteiger charge is 2.03. The smallest absolute Gasteiger partial charge is 0.252 e. The number of hydrogen-bond acceptors (Lipinski definition) is 4. The Labute approximate surface area is 92.5 Å². The van der Waals surface area contributed by atoms with Gasteiger partial charge in [-0.1, -0.05) is 0 Å². The molecule has 0 bridgehead atoms. The van der Waals surface area contributed by atoms with Gasteiger partial charge in [0.2, 0.25) is 0 Å². The van der Waals surface area contributed by atoms with Crippen molar-refractivity contribution in [2.75, 3.05) is 19.5 Å². The van der Waals surface area contributed by atoms with Crippen LogP contribution in [0.15, 0.2) is 29.2 Å². The van der Waals surface area contributed by atoms with E-state index in [1.54, 1.807) is 30.0 Å². The van der Waals surface area contributed by atoms with Gasteiger partial charge in [-0.05, 0) is 12.1 Å². The number of nitrogens with zero attached hydrogens (tertiary/aromatic N) is 2. The molecule has 0 atom stereocenters. The first-order valence-electron chi connectivity index (χ1n) is 4.96. The van der Waals surface area contributed by atoms with Crippen LogP contribution >= 0.6 is 0 Å². The van der Waals surface area contributed by atoms with Crippen molar-refractivity contribution in [3.05, 3.63) is 34.7 Å². The van der Waals surface area contributed by atoms with Gasteiger partial charge in [0, 0.05) is 18.6 Å². The van der Waals surface area contributed by atoms with Crippen molar-refractivity contribution < 1.29 is 4.74 Å². The standard InChI is InChI=1S/C11H13N3O2/c1-16-5-4-14-10(15)3-2-8-6-9(12)7-13-11(8)14/h2-3,6-7H,4-5,12H2,1H3. The molecule has 5 nitrogen and oxygen atoms in total. The predicted molar refractivity (Wildman–Crippen MR) is 62.3 cm³/mol. The number of rotatable bonds is 3. The van der Waals surface area contributed by atoms with Gasteiger partial charge in [-0.3, -0.25) is 9.36 Å². The number of aromatic nitrogens is 2. The molecule has 0 aliphatic carbocycles. The van der Waals surface area contributed by atoms with E-state index in [0.717, 1.165) is 5.39 Å². The molecule has 0 amide bonds. The summed E-state index contributed by atoms with van der Waals surface area (Å²) in [5.74, 6) is 0. The Bertz CT molecular complexity index is 563. The molecule has 2 rings (SSSR count). The topological polar surface area (TPSA) is 70.1 Å².